The van der Waals surface area contributed by atoms with Crippen molar-refractivity contribution in [2.75, 3.05) is 25.0 Å². The molecule has 0 spiro atoms. The predicted octanol–water partition coefficient (Wildman–Crippen LogP) is 0.289. The molecule has 2 aromatic heterocycles. The zero-order valence-electron chi connectivity index (χ0n) is 16.3. The average Bonchev–Trinajstić information content (AvgIpc) is 3.12. The van der Waals surface area contributed by atoms with Crippen molar-refractivity contribution in [3.05, 3.63) is 46.1 Å². The van der Waals surface area contributed by atoms with Crippen LogP contribution in [-0.2, 0) is 16.6 Å². The van der Waals surface area contributed by atoms with Crippen LogP contribution in [-0.4, -0.2) is 52.0 Å². The maximum atomic E-state index is 12.6. The van der Waals surface area contributed by atoms with Gasteiger partial charge in [0.2, 0.25) is 0 Å². The van der Waals surface area contributed by atoms with Crippen molar-refractivity contribution in [3.8, 4) is 0 Å². The third-order valence-electron chi connectivity index (χ3n) is 4.88. The molecule has 3 heterocycles. The molecule has 0 saturated carbocycles. The monoisotopic (exact) mass is 401 g/mol. The van der Waals surface area contributed by atoms with Crippen molar-refractivity contribution >= 4 is 23.5 Å². The van der Waals surface area contributed by atoms with Gasteiger partial charge in [-0.1, -0.05) is 5.16 Å². The van der Waals surface area contributed by atoms with Crippen molar-refractivity contribution in [1.82, 2.24) is 19.9 Å². The highest BCUT2D eigenvalue weighted by Gasteiger charge is 2.26. The first-order valence-corrected chi connectivity index (χ1v) is 9.32. The maximum Gasteiger partial charge on any atom is 0.314 e. The highest BCUT2D eigenvalue weighted by molar-refractivity contribution is 6.39. The largest absolute Gasteiger partial charge is 0.360 e. The Hall–Kier alpha value is -3.43. The number of anilines is 1. The fourth-order valence-corrected chi connectivity index (χ4v) is 3.19. The molecule has 0 bridgehead atoms. The zero-order valence-corrected chi connectivity index (χ0v) is 16.3. The molecule has 3 amide bonds. The third-order valence-corrected chi connectivity index (χ3v) is 4.88. The first kappa shape index (κ1) is 20.3. The first-order chi connectivity index (χ1) is 13.8. The Bertz CT molecular complexity index is 971. The summed E-state index contributed by atoms with van der Waals surface area (Å²) in [5.74, 6) is -1.00. The van der Waals surface area contributed by atoms with Crippen LogP contribution in [0.5, 0.6) is 0 Å². The highest BCUT2D eigenvalue weighted by atomic mass is 16.5. The van der Waals surface area contributed by atoms with E-state index in [2.05, 4.69) is 15.8 Å². The van der Waals surface area contributed by atoms with Gasteiger partial charge in [0.1, 0.15) is 11.3 Å². The molecule has 1 aliphatic rings. The number of likely N-dealkylation sites (tertiary alicyclic amines) is 1. The topological polar surface area (TPSA) is 127 Å². The van der Waals surface area contributed by atoms with Crippen LogP contribution in [0.4, 0.5) is 5.82 Å². The second kappa shape index (κ2) is 8.72. The number of carbonyl (C=O) groups is 3. The predicted molar refractivity (Wildman–Crippen MR) is 103 cm³/mol. The van der Waals surface area contributed by atoms with Crippen LogP contribution in [0.2, 0.25) is 0 Å². The number of hydrogen-bond acceptors (Lipinski definition) is 6. The average molecular weight is 401 g/mol. The molecule has 0 radical (unpaired) electrons. The van der Waals surface area contributed by atoms with E-state index in [-0.39, 0.29) is 28.8 Å². The molecule has 0 unspecified atom stereocenters. The van der Waals surface area contributed by atoms with Crippen LogP contribution in [0.25, 0.3) is 0 Å². The van der Waals surface area contributed by atoms with Crippen LogP contribution < -0.4 is 16.2 Å². The fourth-order valence-electron chi connectivity index (χ4n) is 3.19. The van der Waals surface area contributed by atoms with Crippen molar-refractivity contribution in [2.24, 2.45) is 13.0 Å². The van der Waals surface area contributed by atoms with E-state index in [0.717, 1.165) is 0 Å². The van der Waals surface area contributed by atoms with E-state index >= 15 is 0 Å². The number of nitrogens with zero attached hydrogens (tertiary/aromatic N) is 3. The van der Waals surface area contributed by atoms with E-state index < -0.39 is 11.8 Å². The van der Waals surface area contributed by atoms with Crippen LogP contribution in [0, 0.1) is 12.8 Å². The molecule has 0 aliphatic carbocycles. The normalized spacial score (nSPS) is 14.5. The highest BCUT2D eigenvalue weighted by Crippen LogP contribution is 2.18. The fraction of sp³-hybridized carbons (Fsp3) is 0.421. The lowest BCUT2D eigenvalue weighted by molar-refractivity contribution is -0.136. The number of piperidine rings is 1. The molecule has 10 heteroatoms. The first-order valence-electron chi connectivity index (χ1n) is 9.32. The van der Waals surface area contributed by atoms with E-state index in [9.17, 15) is 19.2 Å². The molecule has 10 nitrogen and oxygen atoms in total. The molecule has 1 saturated heterocycles. The van der Waals surface area contributed by atoms with Crippen molar-refractivity contribution in [3.63, 3.8) is 0 Å². The van der Waals surface area contributed by atoms with E-state index in [1.54, 1.807) is 31.1 Å². The number of aromatic nitrogens is 2. The smallest absolute Gasteiger partial charge is 0.314 e. The van der Waals surface area contributed by atoms with Crippen molar-refractivity contribution in [2.45, 2.75) is 19.8 Å². The summed E-state index contributed by atoms with van der Waals surface area (Å²) in [5, 5.41) is 8.57. The van der Waals surface area contributed by atoms with Crippen LogP contribution in [0.3, 0.4) is 0 Å². The lowest BCUT2D eigenvalue weighted by atomic mass is 9.96. The van der Waals surface area contributed by atoms with Gasteiger partial charge in [0.05, 0.1) is 0 Å². The van der Waals surface area contributed by atoms with E-state index in [0.29, 0.717) is 38.2 Å². The summed E-state index contributed by atoms with van der Waals surface area (Å²) in [4.78, 5) is 50.1. The molecule has 1 fully saturated rings. The van der Waals surface area contributed by atoms with Gasteiger partial charge in [-0.3, -0.25) is 24.5 Å². The standard InChI is InChI=1S/C19H23N5O5/c1-12-10-15(22-29-12)21-17(26)16(25)20-11-13-5-8-24(9-6-13)19(28)14-4-3-7-23(2)18(14)27/h3-4,7,10,13H,5-6,8-9,11H2,1-2H3,(H,20,25)(H,21,22,26). The van der Waals surface area contributed by atoms with Crippen LogP contribution in [0.15, 0.2) is 33.7 Å². The number of hydrogen-bond donors (Lipinski definition) is 2. The Balaban J connectivity index is 1.45. The molecule has 1 aliphatic heterocycles. The van der Waals surface area contributed by atoms with Gasteiger partial charge >= 0.3 is 11.8 Å². The molecule has 0 atom stereocenters. The lowest BCUT2D eigenvalue weighted by Gasteiger charge is -2.32. The SMILES string of the molecule is Cc1cc(NC(=O)C(=O)NCC2CCN(C(=O)c3cccn(C)c3=O)CC2)no1. The van der Waals surface area contributed by atoms with E-state index in [1.165, 1.54) is 16.7 Å². The van der Waals surface area contributed by atoms with Gasteiger partial charge in [-0.2, -0.15) is 0 Å². The summed E-state index contributed by atoms with van der Waals surface area (Å²) in [6, 6.07) is 4.71. The van der Waals surface area contributed by atoms with E-state index in [4.69, 9.17) is 4.52 Å². The molecular formula is C19H23N5O5. The third kappa shape index (κ3) is 4.89. The summed E-state index contributed by atoms with van der Waals surface area (Å²) in [6.45, 7) is 2.98. The Morgan fingerprint density at radius 2 is 1.97 bits per heavy atom. The van der Waals surface area contributed by atoms with Gasteiger partial charge in [0, 0.05) is 38.9 Å². The molecule has 3 rings (SSSR count). The van der Waals surface area contributed by atoms with Gasteiger partial charge in [-0.05, 0) is 37.8 Å². The summed E-state index contributed by atoms with van der Waals surface area (Å²) < 4.78 is 6.20. The molecular weight excluding hydrogens is 378 g/mol. The molecule has 29 heavy (non-hydrogen) atoms. The summed E-state index contributed by atoms with van der Waals surface area (Å²) >= 11 is 0. The second-order valence-corrected chi connectivity index (χ2v) is 7.06. The number of carbonyl (C=O) groups excluding carboxylic acids is 3. The Morgan fingerprint density at radius 1 is 1.24 bits per heavy atom. The summed E-state index contributed by atoms with van der Waals surface area (Å²) in [7, 11) is 1.61. The molecule has 154 valence electrons. The maximum absolute atomic E-state index is 12.6. The number of nitrogens with one attached hydrogen (secondary N) is 2. The van der Waals surface area contributed by atoms with Gasteiger partial charge < -0.3 is 19.3 Å². The van der Waals surface area contributed by atoms with Crippen molar-refractivity contribution in [1.29, 1.82) is 0 Å². The molecule has 2 aromatic rings. The van der Waals surface area contributed by atoms with Gasteiger partial charge in [-0.25, -0.2) is 0 Å². The number of pyridine rings is 1. The van der Waals surface area contributed by atoms with Gasteiger partial charge in [0.15, 0.2) is 5.82 Å². The van der Waals surface area contributed by atoms with Gasteiger partial charge in [0.25, 0.3) is 11.5 Å². The molecule has 2 N–H and O–H groups in total. The number of rotatable bonds is 4. The second-order valence-electron chi connectivity index (χ2n) is 7.06. The van der Waals surface area contributed by atoms with E-state index in [1.807, 2.05) is 0 Å². The Labute approximate surface area is 166 Å². The quantitative estimate of drug-likeness (QED) is 0.709. The summed E-state index contributed by atoms with van der Waals surface area (Å²) in [5.41, 5.74) is -0.165. The minimum atomic E-state index is -0.814. The minimum Gasteiger partial charge on any atom is -0.360 e. The van der Waals surface area contributed by atoms with Gasteiger partial charge in [-0.15, -0.1) is 0 Å². The lowest BCUT2D eigenvalue weighted by Crippen LogP contribution is -2.44. The molecule has 0 aromatic carbocycles. The summed E-state index contributed by atoms with van der Waals surface area (Å²) in [6.07, 6.45) is 2.94. The zero-order chi connectivity index (χ0) is 21.0. The number of amides is 3. The number of aryl methyl sites for hydroxylation is 2. The van der Waals surface area contributed by atoms with Crippen LogP contribution in [0.1, 0.15) is 29.0 Å². The minimum absolute atomic E-state index is 0.142. The van der Waals surface area contributed by atoms with Crippen LogP contribution >= 0.6 is 0 Å². The Kier molecular flexibility index (Phi) is 6.10. The van der Waals surface area contributed by atoms with Crippen molar-refractivity contribution < 1.29 is 18.9 Å². The Morgan fingerprint density at radius 3 is 2.62 bits per heavy atom.